The van der Waals surface area contributed by atoms with Crippen molar-refractivity contribution < 1.29 is 14.6 Å². The third kappa shape index (κ3) is 5.51. The highest BCUT2D eigenvalue weighted by Gasteiger charge is 2.28. The summed E-state index contributed by atoms with van der Waals surface area (Å²) < 4.78 is 11.1. The van der Waals surface area contributed by atoms with Gasteiger partial charge in [0.1, 0.15) is 0 Å². The maximum atomic E-state index is 10.2. The molecule has 0 radical (unpaired) electrons. The molecule has 0 bridgehead atoms. The molecule has 0 aromatic heterocycles. The van der Waals surface area contributed by atoms with Gasteiger partial charge in [-0.05, 0) is 37.6 Å². The van der Waals surface area contributed by atoms with Crippen LogP contribution in [0.4, 0.5) is 0 Å². The Labute approximate surface area is 129 Å². The van der Waals surface area contributed by atoms with Crippen LogP contribution in [-0.2, 0) is 9.47 Å². The zero-order chi connectivity index (χ0) is 15.1. The summed E-state index contributed by atoms with van der Waals surface area (Å²) in [5.41, 5.74) is 0. The third-order valence-corrected chi connectivity index (χ3v) is 5.19. The van der Waals surface area contributed by atoms with E-state index in [1.807, 2.05) is 0 Å². The number of aliphatic hydroxyl groups excluding tert-OH is 1. The quantitative estimate of drug-likeness (QED) is 0.747. The average Bonchev–Trinajstić information content (AvgIpc) is 2.96. The molecule has 2 aliphatic rings. The van der Waals surface area contributed by atoms with E-state index in [1.54, 1.807) is 0 Å². The Balaban J connectivity index is 1.63. The van der Waals surface area contributed by atoms with Gasteiger partial charge in [0.25, 0.3) is 0 Å². The molecule has 2 aliphatic heterocycles. The van der Waals surface area contributed by atoms with E-state index in [0.29, 0.717) is 6.61 Å². The molecule has 4 heteroatoms. The van der Waals surface area contributed by atoms with Crippen LogP contribution in [0, 0.1) is 11.8 Å². The average molecular weight is 299 g/mol. The van der Waals surface area contributed by atoms with Gasteiger partial charge in [0, 0.05) is 26.3 Å². The fourth-order valence-electron chi connectivity index (χ4n) is 3.81. The smallest absolute Gasteiger partial charge is 0.0900 e. The molecule has 2 atom stereocenters. The Morgan fingerprint density at radius 1 is 1.19 bits per heavy atom. The van der Waals surface area contributed by atoms with Crippen molar-refractivity contribution in [3.05, 3.63) is 0 Å². The first-order valence-corrected chi connectivity index (χ1v) is 8.82. The van der Waals surface area contributed by atoms with Crippen LogP contribution in [0.25, 0.3) is 0 Å². The molecule has 0 saturated carbocycles. The number of ether oxygens (including phenoxy) is 2. The van der Waals surface area contributed by atoms with Crippen molar-refractivity contribution in [3.63, 3.8) is 0 Å². The first-order chi connectivity index (χ1) is 10.2. The highest BCUT2D eigenvalue weighted by Crippen LogP contribution is 2.28. The summed E-state index contributed by atoms with van der Waals surface area (Å²) in [6.07, 6.45) is 5.72. The zero-order valence-corrected chi connectivity index (χ0v) is 13.8. The first kappa shape index (κ1) is 17.2. The number of likely N-dealkylation sites (tertiary alicyclic amines) is 1. The maximum absolute atomic E-state index is 10.2. The van der Waals surface area contributed by atoms with Crippen LogP contribution in [0.2, 0.25) is 0 Å². The molecule has 4 nitrogen and oxygen atoms in total. The normalized spacial score (nSPS) is 26.6. The fourth-order valence-corrected chi connectivity index (χ4v) is 3.81. The van der Waals surface area contributed by atoms with Crippen LogP contribution in [-0.4, -0.2) is 61.7 Å². The van der Waals surface area contributed by atoms with E-state index in [2.05, 4.69) is 18.7 Å². The molecule has 0 aliphatic carbocycles. The number of hydrogen-bond acceptors (Lipinski definition) is 4. The zero-order valence-electron chi connectivity index (χ0n) is 13.8. The largest absolute Gasteiger partial charge is 0.389 e. The molecule has 2 heterocycles. The van der Waals surface area contributed by atoms with Gasteiger partial charge in [-0.25, -0.2) is 0 Å². The summed E-state index contributed by atoms with van der Waals surface area (Å²) in [6.45, 7) is 9.71. The minimum Gasteiger partial charge on any atom is -0.389 e. The lowest BCUT2D eigenvalue weighted by Crippen LogP contribution is -2.36. The van der Waals surface area contributed by atoms with E-state index >= 15 is 0 Å². The second-order valence-corrected chi connectivity index (χ2v) is 6.68. The third-order valence-electron chi connectivity index (χ3n) is 5.19. The van der Waals surface area contributed by atoms with Crippen molar-refractivity contribution in [2.75, 3.05) is 39.5 Å². The van der Waals surface area contributed by atoms with Crippen molar-refractivity contribution in [2.24, 2.45) is 11.8 Å². The van der Waals surface area contributed by atoms with Gasteiger partial charge in [0.2, 0.25) is 0 Å². The Morgan fingerprint density at radius 2 is 1.90 bits per heavy atom. The van der Waals surface area contributed by atoms with Crippen LogP contribution in [0.1, 0.15) is 46.0 Å². The molecular weight excluding hydrogens is 266 g/mol. The van der Waals surface area contributed by atoms with Crippen molar-refractivity contribution >= 4 is 0 Å². The van der Waals surface area contributed by atoms with Crippen molar-refractivity contribution in [2.45, 2.75) is 58.2 Å². The second-order valence-electron chi connectivity index (χ2n) is 6.68. The van der Waals surface area contributed by atoms with Crippen LogP contribution < -0.4 is 0 Å². The summed E-state index contributed by atoms with van der Waals surface area (Å²) in [5.74, 6) is 1.68. The Morgan fingerprint density at radius 3 is 2.57 bits per heavy atom. The molecule has 124 valence electrons. The summed E-state index contributed by atoms with van der Waals surface area (Å²) >= 11 is 0. The summed E-state index contributed by atoms with van der Waals surface area (Å²) in [6, 6.07) is 0. The predicted molar refractivity (Wildman–Crippen MR) is 84.4 cm³/mol. The van der Waals surface area contributed by atoms with Crippen molar-refractivity contribution in [1.29, 1.82) is 0 Å². The molecule has 2 unspecified atom stereocenters. The molecule has 0 aromatic rings. The van der Waals surface area contributed by atoms with Crippen LogP contribution in [0.15, 0.2) is 0 Å². The van der Waals surface area contributed by atoms with Gasteiger partial charge in [-0.15, -0.1) is 0 Å². The number of hydrogen-bond donors (Lipinski definition) is 1. The molecule has 2 rings (SSSR count). The molecule has 0 aromatic carbocycles. The van der Waals surface area contributed by atoms with Gasteiger partial charge in [-0.2, -0.15) is 0 Å². The van der Waals surface area contributed by atoms with Gasteiger partial charge in [0.15, 0.2) is 0 Å². The van der Waals surface area contributed by atoms with E-state index in [1.165, 1.54) is 19.3 Å². The monoisotopic (exact) mass is 299 g/mol. The van der Waals surface area contributed by atoms with Crippen LogP contribution in [0.5, 0.6) is 0 Å². The standard InChI is InChI=1S/C17H33NO3/c1-3-14(4-2)15-5-8-18(11-15)12-16(19)13-21-17-6-9-20-10-7-17/h14-17,19H,3-13H2,1-2H3. The van der Waals surface area contributed by atoms with Gasteiger partial charge in [-0.3, -0.25) is 0 Å². The highest BCUT2D eigenvalue weighted by molar-refractivity contribution is 4.81. The Bertz CT molecular complexity index is 277. The van der Waals surface area contributed by atoms with Gasteiger partial charge in [0.05, 0.1) is 18.8 Å². The minimum absolute atomic E-state index is 0.282. The molecule has 2 fully saturated rings. The number of nitrogens with zero attached hydrogens (tertiary/aromatic N) is 1. The van der Waals surface area contributed by atoms with E-state index in [9.17, 15) is 5.11 Å². The van der Waals surface area contributed by atoms with Crippen LogP contribution >= 0.6 is 0 Å². The van der Waals surface area contributed by atoms with E-state index < -0.39 is 0 Å². The predicted octanol–water partition coefficient (Wildman–Crippen LogP) is 2.30. The lowest BCUT2D eigenvalue weighted by Gasteiger charge is -2.26. The SMILES string of the molecule is CCC(CC)C1CCN(CC(O)COC2CCOCC2)C1. The Kier molecular flexibility index (Phi) is 7.44. The number of aliphatic hydroxyl groups is 1. The maximum Gasteiger partial charge on any atom is 0.0900 e. The first-order valence-electron chi connectivity index (χ1n) is 8.82. The van der Waals surface area contributed by atoms with Crippen LogP contribution in [0.3, 0.4) is 0 Å². The minimum atomic E-state index is -0.353. The lowest BCUT2D eigenvalue weighted by molar-refractivity contribution is -0.0634. The molecular formula is C17H33NO3. The second kappa shape index (κ2) is 9.09. The topological polar surface area (TPSA) is 41.9 Å². The Hall–Kier alpha value is -0.160. The molecule has 0 amide bonds. The van der Waals surface area contributed by atoms with Gasteiger partial charge >= 0.3 is 0 Å². The number of rotatable bonds is 8. The van der Waals surface area contributed by atoms with Crippen molar-refractivity contribution in [1.82, 2.24) is 4.90 Å². The summed E-state index contributed by atoms with van der Waals surface area (Å²) in [5, 5.41) is 10.2. The summed E-state index contributed by atoms with van der Waals surface area (Å²) in [4.78, 5) is 2.42. The number of β-amino-alcohol motifs (C(OH)–C–C–N with tert-alkyl or cyclic N) is 1. The molecule has 0 spiro atoms. The van der Waals surface area contributed by atoms with E-state index in [0.717, 1.165) is 57.5 Å². The highest BCUT2D eigenvalue weighted by atomic mass is 16.5. The molecule has 2 saturated heterocycles. The summed E-state index contributed by atoms with van der Waals surface area (Å²) in [7, 11) is 0. The van der Waals surface area contributed by atoms with Crippen molar-refractivity contribution in [3.8, 4) is 0 Å². The fraction of sp³-hybridized carbons (Fsp3) is 1.00. The molecule has 21 heavy (non-hydrogen) atoms. The lowest BCUT2D eigenvalue weighted by atomic mass is 9.87. The van der Waals surface area contributed by atoms with Gasteiger partial charge in [-0.1, -0.05) is 26.7 Å². The molecule has 1 N–H and O–H groups in total. The van der Waals surface area contributed by atoms with E-state index in [-0.39, 0.29) is 12.2 Å². The van der Waals surface area contributed by atoms with Gasteiger partial charge < -0.3 is 19.5 Å². The van der Waals surface area contributed by atoms with E-state index in [4.69, 9.17) is 9.47 Å².